The topological polar surface area (TPSA) is 17.1 Å². The number of rotatable bonds is 1. The highest BCUT2D eigenvalue weighted by molar-refractivity contribution is 5.87. The molecule has 0 saturated heterocycles. The molecule has 2 rings (SSSR count). The Labute approximate surface area is 55.4 Å². The Morgan fingerprint density at radius 1 is 1.67 bits per heavy atom. The van der Waals surface area contributed by atoms with Crippen molar-refractivity contribution < 1.29 is 4.79 Å². The molecule has 0 aromatic carbocycles. The first kappa shape index (κ1) is 5.45. The van der Waals surface area contributed by atoms with Crippen molar-refractivity contribution in [2.75, 3.05) is 0 Å². The van der Waals surface area contributed by atoms with Crippen molar-refractivity contribution in [1.82, 2.24) is 0 Å². The summed E-state index contributed by atoms with van der Waals surface area (Å²) in [7, 11) is 0. The summed E-state index contributed by atoms with van der Waals surface area (Å²) in [4.78, 5) is 11.0. The molecule has 0 bridgehead atoms. The van der Waals surface area contributed by atoms with Crippen LogP contribution in [0.15, 0.2) is 0 Å². The Balaban J connectivity index is 2.06. The SMILES string of the molecule is CCC1[C@H]2C(=O)CC[C@@H]12. The maximum Gasteiger partial charge on any atom is 0.136 e. The Bertz CT molecular complexity index is 147. The lowest BCUT2D eigenvalue weighted by Crippen LogP contribution is -1.97. The zero-order valence-electron chi connectivity index (χ0n) is 5.76. The van der Waals surface area contributed by atoms with Gasteiger partial charge in [-0.3, -0.25) is 4.79 Å². The van der Waals surface area contributed by atoms with Crippen LogP contribution in [-0.2, 0) is 4.79 Å². The molecule has 2 saturated carbocycles. The molecule has 0 aromatic heterocycles. The predicted octanol–water partition coefficient (Wildman–Crippen LogP) is 1.62. The molecular formula is C8H12O. The average molecular weight is 124 g/mol. The molecule has 0 amide bonds. The van der Waals surface area contributed by atoms with Gasteiger partial charge in [-0.2, -0.15) is 0 Å². The maximum absolute atomic E-state index is 11.0. The van der Waals surface area contributed by atoms with Gasteiger partial charge in [-0.15, -0.1) is 0 Å². The normalized spacial score (nSPS) is 47.2. The van der Waals surface area contributed by atoms with Gasteiger partial charge in [0.05, 0.1) is 0 Å². The van der Waals surface area contributed by atoms with Crippen molar-refractivity contribution in [3.63, 3.8) is 0 Å². The van der Waals surface area contributed by atoms with Crippen LogP contribution in [0.5, 0.6) is 0 Å². The minimum atomic E-state index is 0.523. The van der Waals surface area contributed by atoms with Crippen LogP contribution in [0.25, 0.3) is 0 Å². The number of carbonyl (C=O) groups is 1. The Morgan fingerprint density at radius 3 is 2.78 bits per heavy atom. The summed E-state index contributed by atoms with van der Waals surface area (Å²) in [6, 6.07) is 0. The summed E-state index contributed by atoms with van der Waals surface area (Å²) in [6.07, 6.45) is 3.30. The Hall–Kier alpha value is -0.330. The third kappa shape index (κ3) is 0.577. The van der Waals surface area contributed by atoms with E-state index >= 15 is 0 Å². The van der Waals surface area contributed by atoms with E-state index in [0.29, 0.717) is 11.7 Å². The molecule has 0 N–H and O–H groups in total. The van der Waals surface area contributed by atoms with E-state index in [9.17, 15) is 4.79 Å². The molecule has 0 aliphatic heterocycles. The molecule has 3 atom stereocenters. The van der Waals surface area contributed by atoms with Gasteiger partial charge < -0.3 is 0 Å². The number of fused-ring (bicyclic) bond motifs is 1. The van der Waals surface area contributed by atoms with Crippen molar-refractivity contribution >= 4 is 5.78 Å². The van der Waals surface area contributed by atoms with Crippen LogP contribution in [0.4, 0.5) is 0 Å². The van der Waals surface area contributed by atoms with Crippen molar-refractivity contribution in [1.29, 1.82) is 0 Å². The molecule has 0 aromatic rings. The van der Waals surface area contributed by atoms with Crippen LogP contribution >= 0.6 is 0 Å². The van der Waals surface area contributed by atoms with Crippen LogP contribution in [-0.4, -0.2) is 5.78 Å². The number of hydrogen-bond acceptors (Lipinski definition) is 1. The first-order valence-corrected chi connectivity index (χ1v) is 3.87. The first-order chi connectivity index (χ1) is 4.34. The Morgan fingerprint density at radius 2 is 2.44 bits per heavy atom. The zero-order valence-corrected chi connectivity index (χ0v) is 5.76. The van der Waals surface area contributed by atoms with E-state index in [1.165, 1.54) is 12.8 Å². The lowest BCUT2D eigenvalue weighted by molar-refractivity contribution is -0.119. The summed E-state index contributed by atoms with van der Waals surface area (Å²) in [5.74, 6) is 2.69. The smallest absolute Gasteiger partial charge is 0.136 e. The molecule has 1 unspecified atom stereocenters. The van der Waals surface area contributed by atoms with E-state index in [1.807, 2.05) is 0 Å². The van der Waals surface area contributed by atoms with Gasteiger partial charge >= 0.3 is 0 Å². The summed E-state index contributed by atoms with van der Waals surface area (Å²) in [5.41, 5.74) is 0. The van der Waals surface area contributed by atoms with Gasteiger partial charge in [0.1, 0.15) is 5.78 Å². The van der Waals surface area contributed by atoms with Gasteiger partial charge in [-0.05, 0) is 18.3 Å². The molecule has 0 heterocycles. The summed E-state index contributed by atoms with van der Waals surface area (Å²) in [6.45, 7) is 2.19. The number of carbonyl (C=O) groups excluding carboxylic acids is 1. The van der Waals surface area contributed by atoms with Crippen molar-refractivity contribution in [2.24, 2.45) is 17.8 Å². The standard InChI is InChI=1S/C8H12O/c1-2-5-6-3-4-7(9)8(5)6/h5-6,8H,2-4H2,1H3/t5?,6-,8+/m0/s1. The molecule has 0 spiro atoms. The zero-order chi connectivity index (χ0) is 6.43. The minimum absolute atomic E-state index is 0.523. The van der Waals surface area contributed by atoms with E-state index in [1.54, 1.807) is 0 Å². The van der Waals surface area contributed by atoms with Crippen LogP contribution < -0.4 is 0 Å². The van der Waals surface area contributed by atoms with Crippen LogP contribution in [0.1, 0.15) is 26.2 Å². The van der Waals surface area contributed by atoms with Gasteiger partial charge in [0.2, 0.25) is 0 Å². The average Bonchev–Trinajstić information content (AvgIpc) is 2.46. The summed E-state index contributed by atoms with van der Waals surface area (Å²) in [5, 5.41) is 0. The molecule has 2 fully saturated rings. The van der Waals surface area contributed by atoms with E-state index in [2.05, 4.69) is 6.92 Å². The maximum atomic E-state index is 11.0. The van der Waals surface area contributed by atoms with Gasteiger partial charge in [-0.1, -0.05) is 13.3 Å². The van der Waals surface area contributed by atoms with Gasteiger partial charge in [-0.25, -0.2) is 0 Å². The second-order valence-corrected chi connectivity index (χ2v) is 3.27. The highest BCUT2D eigenvalue weighted by Crippen LogP contribution is 2.56. The highest BCUT2D eigenvalue weighted by Gasteiger charge is 2.56. The third-order valence-electron chi connectivity index (χ3n) is 2.90. The minimum Gasteiger partial charge on any atom is -0.299 e. The van der Waals surface area contributed by atoms with E-state index in [4.69, 9.17) is 0 Å². The van der Waals surface area contributed by atoms with Gasteiger partial charge in [0.25, 0.3) is 0 Å². The first-order valence-electron chi connectivity index (χ1n) is 3.87. The van der Waals surface area contributed by atoms with E-state index in [0.717, 1.165) is 18.3 Å². The number of Topliss-reactive ketones (excluding diaryl/α,β-unsaturated/α-hetero) is 1. The second kappa shape index (κ2) is 1.59. The fourth-order valence-electron chi connectivity index (χ4n) is 2.35. The van der Waals surface area contributed by atoms with Crippen LogP contribution in [0.3, 0.4) is 0 Å². The van der Waals surface area contributed by atoms with Crippen molar-refractivity contribution in [3.05, 3.63) is 0 Å². The largest absolute Gasteiger partial charge is 0.299 e. The molecule has 1 nitrogen and oxygen atoms in total. The van der Waals surface area contributed by atoms with Crippen molar-refractivity contribution in [2.45, 2.75) is 26.2 Å². The molecule has 9 heavy (non-hydrogen) atoms. The molecule has 0 radical (unpaired) electrons. The lowest BCUT2D eigenvalue weighted by Gasteiger charge is -1.94. The summed E-state index contributed by atoms with van der Waals surface area (Å²) >= 11 is 0. The molecule has 2 aliphatic carbocycles. The monoisotopic (exact) mass is 124 g/mol. The van der Waals surface area contributed by atoms with E-state index in [-0.39, 0.29) is 0 Å². The quantitative estimate of drug-likeness (QED) is 0.519. The molecule has 2 aliphatic rings. The van der Waals surface area contributed by atoms with Gasteiger partial charge in [0.15, 0.2) is 0 Å². The Kier molecular flexibility index (Phi) is 0.961. The fraction of sp³-hybridized carbons (Fsp3) is 0.875. The predicted molar refractivity (Wildman–Crippen MR) is 35.0 cm³/mol. The van der Waals surface area contributed by atoms with Crippen LogP contribution in [0.2, 0.25) is 0 Å². The van der Waals surface area contributed by atoms with Crippen molar-refractivity contribution in [3.8, 4) is 0 Å². The molecule has 1 heteroatoms. The fourth-order valence-corrected chi connectivity index (χ4v) is 2.35. The summed E-state index contributed by atoms with van der Waals surface area (Å²) < 4.78 is 0. The molecular weight excluding hydrogens is 112 g/mol. The van der Waals surface area contributed by atoms with Crippen LogP contribution in [0, 0.1) is 17.8 Å². The third-order valence-corrected chi connectivity index (χ3v) is 2.90. The molecule has 50 valence electrons. The van der Waals surface area contributed by atoms with Gasteiger partial charge in [0, 0.05) is 12.3 Å². The number of ketones is 1. The highest BCUT2D eigenvalue weighted by atomic mass is 16.1. The lowest BCUT2D eigenvalue weighted by atomic mass is 10.1. The van der Waals surface area contributed by atoms with E-state index < -0.39 is 0 Å². The number of hydrogen-bond donors (Lipinski definition) is 0. The second-order valence-electron chi connectivity index (χ2n) is 3.27.